The molecule has 1 N–H and O–H groups in total. The van der Waals surface area contributed by atoms with E-state index in [1.54, 1.807) is 0 Å². The first-order chi connectivity index (χ1) is 9.87. The molecule has 0 amide bonds. The van der Waals surface area contributed by atoms with E-state index in [1.807, 2.05) is 6.20 Å². The molecule has 1 aromatic heterocycles. The van der Waals surface area contributed by atoms with Crippen LogP contribution in [-0.4, -0.2) is 17.1 Å². The topological polar surface area (TPSA) is 38.1 Å². The van der Waals surface area contributed by atoms with Gasteiger partial charge in [-0.2, -0.15) is 0 Å². The molecule has 114 valence electrons. The second-order valence-corrected chi connectivity index (χ2v) is 6.65. The second-order valence-electron chi connectivity index (χ2n) is 6.65. The third kappa shape index (κ3) is 4.43. The third-order valence-electron chi connectivity index (χ3n) is 3.65. The zero-order valence-electron chi connectivity index (χ0n) is 13.8. The molecule has 0 aliphatic carbocycles. The van der Waals surface area contributed by atoms with E-state index in [2.05, 4.69) is 63.1 Å². The lowest BCUT2D eigenvalue weighted by atomic mass is 10.0. The summed E-state index contributed by atoms with van der Waals surface area (Å²) in [5.74, 6) is 1.69. The summed E-state index contributed by atoms with van der Waals surface area (Å²) in [4.78, 5) is 4.40. The van der Waals surface area contributed by atoms with Crippen molar-refractivity contribution in [3.8, 4) is 11.3 Å². The number of benzene rings is 1. The molecule has 1 heterocycles. The van der Waals surface area contributed by atoms with Crippen molar-refractivity contribution in [1.29, 1.82) is 0 Å². The first-order valence-corrected chi connectivity index (χ1v) is 7.63. The van der Waals surface area contributed by atoms with Crippen molar-refractivity contribution in [1.82, 2.24) is 10.3 Å². The Hall–Kier alpha value is -1.61. The van der Waals surface area contributed by atoms with E-state index in [-0.39, 0.29) is 5.54 Å². The molecule has 2 rings (SSSR count). The molecule has 3 nitrogen and oxygen atoms in total. The van der Waals surface area contributed by atoms with E-state index in [0.717, 1.165) is 36.6 Å². The van der Waals surface area contributed by atoms with E-state index in [1.165, 1.54) is 11.1 Å². The van der Waals surface area contributed by atoms with Gasteiger partial charge in [0.05, 0.1) is 6.20 Å². The second kappa shape index (κ2) is 6.44. The molecule has 0 aliphatic rings. The van der Waals surface area contributed by atoms with Gasteiger partial charge in [0.2, 0.25) is 0 Å². The summed E-state index contributed by atoms with van der Waals surface area (Å²) in [6, 6.07) is 6.27. The average Bonchev–Trinajstić information content (AvgIpc) is 2.85. The van der Waals surface area contributed by atoms with Gasteiger partial charge < -0.3 is 9.73 Å². The van der Waals surface area contributed by atoms with Gasteiger partial charge in [0, 0.05) is 17.5 Å². The van der Waals surface area contributed by atoms with Crippen LogP contribution in [-0.2, 0) is 6.42 Å². The van der Waals surface area contributed by atoms with E-state index in [0.29, 0.717) is 0 Å². The smallest absolute Gasteiger partial charge is 0.194 e. The van der Waals surface area contributed by atoms with E-state index < -0.39 is 0 Å². The Bertz CT molecular complexity index is 594. The molecule has 0 atom stereocenters. The Kier molecular flexibility index (Phi) is 4.84. The zero-order chi connectivity index (χ0) is 15.5. The Morgan fingerprint density at radius 1 is 1.19 bits per heavy atom. The molecule has 3 heteroatoms. The highest BCUT2D eigenvalue weighted by Crippen LogP contribution is 2.26. The van der Waals surface area contributed by atoms with Gasteiger partial charge in [-0.25, -0.2) is 4.98 Å². The van der Waals surface area contributed by atoms with E-state index in [4.69, 9.17) is 4.42 Å². The Morgan fingerprint density at radius 2 is 1.95 bits per heavy atom. The van der Waals surface area contributed by atoms with Gasteiger partial charge in [-0.05, 0) is 58.7 Å². The average molecular weight is 286 g/mol. The van der Waals surface area contributed by atoms with Crippen molar-refractivity contribution < 1.29 is 4.42 Å². The largest absolute Gasteiger partial charge is 0.441 e. The molecule has 0 bridgehead atoms. The van der Waals surface area contributed by atoms with Crippen molar-refractivity contribution >= 4 is 0 Å². The normalized spacial score (nSPS) is 11.9. The maximum atomic E-state index is 5.90. The predicted molar refractivity (Wildman–Crippen MR) is 87.5 cm³/mol. The van der Waals surface area contributed by atoms with E-state index in [9.17, 15) is 0 Å². The molecular weight excluding hydrogens is 260 g/mol. The molecule has 0 unspecified atom stereocenters. The van der Waals surface area contributed by atoms with Crippen LogP contribution >= 0.6 is 0 Å². The number of rotatable bonds is 5. The number of nitrogens with zero attached hydrogens (tertiary/aromatic N) is 1. The van der Waals surface area contributed by atoms with Crippen molar-refractivity contribution in [2.24, 2.45) is 0 Å². The van der Waals surface area contributed by atoms with Crippen molar-refractivity contribution in [3.05, 3.63) is 41.4 Å². The molecule has 0 radical (unpaired) electrons. The van der Waals surface area contributed by atoms with Gasteiger partial charge >= 0.3 is 0 Å². The third-order valence-corrected chi connectivity index (χ3v) is 3.65. The minimum absolute atomic E-state index is 0.167. The van der Waals surface area contributed by atoms with Gasteiger partial charge in [0.25, 0.3) is 0 Å². The number of aromatic nitrogens is 1. The van der Waals surface area contributed by atoms with Crippen LogP contribution in [0.4, 0.5) is 0 Å². The van der Waals surface area contributed by atoms with Crippen molar-refractivity contribution in [3.63, 3.8) is 0 Å². The van der Waals surface area contributed by atoms with Crippen LogP contribution in [0.15, 0.2) is 28.8 Å². The summed E-state index contributed by atoms with van der Waals surface area (Å²) in [5, 5.41) is 3.48. The van der Waals surface area contributed by atoms with Crippen LogP contribution in [0, 0.1) is 13.8 Å². The molecule has 0 saturated heterocycles. The van der Waals surface area contributed by atoms with E-state index >= 15 is 0 Å². The fourth-order valence-corrected chi connectivity index (χ4v) is 2.27. The highest BCUT2D eigenvalue weighted by Gasteiger charge is 2.11. The van der Waals surface area contributed by atoms with Crippen LogP contribution in [0.25, 0.3) is 11.3 Å². The summed E-state index contributed by atoms with van der Waals surface area (Å²) >= 11 is 0. The predicted octanol–water partition coefficient (Wildman–Crippen LogP) is 4.28. The minimum atomic E-state index is 0.167. The number of aryl methyl sites for hydroxylation is 2. The summed E-state index contributed by atoms with van der Waals surface area (Å²) in [5.41, 5.74) is 3.84. The molecule has 21 heavy (non-hydrogen) atoms. The van der Waals surface area contributed by atoms with Crippen LogP contribution in [0.2, 0.25) is 0 Å². The Labute approximate surface area is 127 Å². The maximum Gasteiger partial charge on any atom is 0.194 e. The number of hydrogen-bond donors (Lipinski definition) is 1. The highest BCUT2D eigenvalue weighted by molar-refractivity contribution is 5.62. The number of hydrogen-bond acceptors (Lipinski definition) is 3. The fourth-order valence-electron chi connectivity index (χ4n) is 2.27. The van der Waals surface area contributed by atoms with Gasteiger partial charge in [-0.3, -0.25) is 0 Å². The van der Waals surface area contributed by atoms with Crippen LogP contribution in [0.5, 0.6) is 0 Å². The molecule has 0 fully saturated rings. The lowest BCUT2D eigenvalue weighted by Crippen LogP contribution is -2.36. The Morgan fingerprint density at radius 3 is 2.67 bits per heavy atom. The van der Waals surface area contributed by atoms with Gasteiger partial charge in [-0.15, -0.1) is 0 Å². The van der Waals surface area contributed by atoms with Crippen molar-refractivity contribution in [2.75, 3.05) is 6.54 Å². The van der Waals surface area contributed by atoms with Crippen LogP contribution < -0.4 is 5.32 Å². The van der Waals surface area contributed by atoms with Crippen LogP contribution in [0.3, 0.4) is 0 Å². The highest BCUT2D eigenvalue weighted by atomic mass is 16.4. The zero-order valence-corrected chi connectivity index (χ0v) is 13.8. The SMILES string of the molecule is Cc1cccc(-c2cnc(CCCNC(C)(C)C)o2)c1C. The molecular formula is C18H26N2O. The number of nitrogens with one attached hydrogen (secondary N) is 1. The monoisotopic (exact) mass is 286 g/mol. The van der Waals surface area contributed by atoms with Gasteiger partial charge in [0.15, 0.2) is 11.7 Å². The molecule has 0 aliphatic heterocycles. The van der Waals surface area contributed by atoms with Gasteiger partial charge in [-0.1, -0.05) is 18.2 Å². The molecule has 2 aromatic rings. The fraction of sp³-hybridized carbons (Fsp3) is 0.500. The first kappa shape index (κ1) is 15.8. The Balaban J connectivity index is 1.97. The van der Waals surface area contributed by atoms with Gasteiger partial charge in [0.1, 0.15) is 0 Å². The lowest BCUT2D eigenvalue weighted by molar-refractivity contribution is 0.412. The quantitative estimate of drug-likeness (QED) is 0.834. The number of oxazole rings is 1. The lowest BCUT2D eigenvalue weighted by Gasteiger charge is -2.20. The molecule has 0 saturated carbocycles. The van der Waals surface area contributed by atoms with Crippen LogP contribution in [0.1, 0.15) is 44.2 Å². The maximum absolute atomic E-state index is 5.90. The minimum Gasteiger partial charge on any atom is -0.441 e. The summed E-state index contributed by atoms with van der Waals surface area (Å²) in [7, 11) is 0. The summed E-state index contributed by atoms with van der Waals surface area (Å²) < 4.78 is 5.90. The van der Waals surface area contributed by atoms with Crippen molar-refractivity contribution in [2.45, 2.75) is 53.0 Å². The first-order valence-electron chi connectivity index (χ1n) is 7.63. The standard InChI is InChI=1S/C18H26N2O/c1-13-8-6-9-15(14(13)2)16-12-19-17(21-16)10-7-11-20-18(3,4)5/h6,8-9,12,20H,7,10-11H2,1-5H3. The summed E-state index contributed by atoms with van der Waals surface area (Å²) in [6.45, 7) is 11.8. The summed E-state index contributed by atoms with van der Waals surface area (Å²) in [6.07, 6.45) is 3.74. The molecule has 0 spiro atoms. The molecule has 1 aromatic carbocycles.